The van der Waals surface area contributed by atoms with Crippen LogP contribution >= 0.6 is 35.7 Å². The molecule has 0 aliphatic carbocycles. The number of nitrogens with zero attached hydrogens (tertiary/aromatic N) is 2. The van der Waals surface area contributed by atoms with Gasteiger partial charge in [-0.2, -0.15) is 11.8 Å². The van der Waals surface area contributed by atoms with Crippen molar-refractivity contribution < 1.29 is 4.74 Å². The molecule has 1 aromatic rings. The summed E-state index contributed by atoms with van der Waals surface area (Å²) in [4.78, 5) is 9.15. The Morgan fingerprint density at radius 3 is 2.54 bits per heavy atom. The highest BCUT2D eigenvalue weighted by atomic mass is 127. The van der Waals surface area contributed by atoms with Gasteiger partial charge in [0.15, 0.2) is 5.96 Å². The van der Waals surface area contributed by atoms with Crippen molar-refractivity contribution in [3.05, 3.63) is 23.0 Å². The minimum absolute atomic E-state index is 0. The van der Waals surface area contributed by atoms with Gasteiger partial charge in [0.25, 0.3) is 0 Å². The molecule has 0 saturated heterocycles. The van der Waals surface area contributed by atoms with Crippen LogP contribution in [0.15, 0.2) is 11.2 Å². The van der Waals surface area contributed by atoms with Crippen molar-refractivity contribution in [3.8, 4) is 5.75 Å². The molecule has 0 saturated carbocycles. The molecular formula is C17H31IN4OS. The van der Waals surface area contributed by atoms with Crippen LogP contribution < -0.4 is 15.4 Å². The Hall–Kier alpha value is -0.700. The lowest BCUT2D eigenvalue weighted by molar-refractivity contribution is 0.407. The van der Waals surface area contributed by atoms with E-state index in [2.05, 4.69) is 47.6 Å². The van der Waals surface area contributed by atoms with E-state index in [0.29, 0.717) is 6.54 Å². The first-order valence-electron chi connectivity index (χ1n) is 7.91. The molecule has 0 aliphatic heterocycles. The number of thioether (sulfide) groups is 1. The second-order valence-corrected chi connectivity index (χ2v) is 7.57. The fourth-order valence-electron chi connectivity index (χ4n) is 2.09. The van der Waals surface area contributed by atoms with Crippen LogP contribution in [-0.4, -0.2) is 42.1 Å². The van der Waals surface area contributed by atoms with Gasteiger partial charge in [-0.1, -0.05) is 0 Å². The molecule has 5 nitrogen and oxygen atoms in total. The molecule has 0 atom stereocenters. The third-order valence-corrected chi connectivity index (χ3v) is 4.96. The van der Waals surface area contributed by atoms with Gasteiger partial charge in [-0.05, 0) is 40.9 Å². The molecule has 0 aromatic carbocycles. The Morgan fingerprint density at radius 2 is 2.00 bits per heavy atom. The fourth-order valence-corrected chi connectivity index (χ4v) is 2.31. The maximum atomic E-state index is 5.45. The zero-order valence-electron chi connectivity index (χ0n) is 15.8. The summed E-state index contributed by atoms with van der Waals surface area (Å²) < 4.78 is 5.62. The first kappa shape index (κ1) is 23.3. The largest absolute Gasteiger partial charge is 0.496 e. The van der Waals surface area contributed by atoms with Gasteiger partial charge in [0.1, 0.15) is 5.75 Å². The van der Waals surface area contributed by atoms with E-state index < -0.39 is 0 Å². The Labute approximate surface area is 167 Å². The van der Waals surface area contributed by atoms with Crippen LogP contribution in [0.5, 0.6) is 5.75 Å². The highest BCUT2D eigenvalue weighted by Crippen LogP contribution is 2.24. The van der Waals surface area contributed by atoms with E-state index >= 15 is 0 Å². The van der Waals surface area contributed by atoms with Crippen molar-refractivity contribution in [1.29, 1.82) is 0 Å². The SMILES string of the molecule is CCNC(=NCc1ncc(C)c(OC)c1C)NCC(C)(C)SC.I. The fraction of sp³-hybridized carbons (Fsp3) is 0.647. The number of halogens is 1. The molecule has 1 heterocycles. The highest BCUT2D eigenvalue weighted by Gasteiger charge is 2.16. The van der Waals surface area contributed by atoms with E-state index in [1.807, 2.05) is 31.8 Å². The van der Waals surface area contributed by atoms with Crippen molar-refractivity contribution in [1.82, 2.24) is 15.6 Å². The number of ether oxygens (including phenoxy) is 1. The normalized spacial score (nSPS) is 11.7. The average Bonchev–Trinajstić information content (AvgIpc) is 2.52. The summed E-state index contributed by atoms with van der Waals surface area (Å²) in [5.41, 5.74) is 3.04. The Morgan fingerprint density at radius 1 is 1.33 bits per heavy atom. The van der Waals surface area contributed by atoms with Gasteiger partial charge in [-0.25, -0.2) is 4.99 Å². The van der Waals surface area contributed by atoms with Crippen molar-refractivity contribution in [2.75, 3.05) is 26.5 Å². The standard InChI is InChI=1S/C17H30N4OS.HI/c1-8-18-16(21-11-17(4,5)23-7)20-10-14-13(3)15(22-6)12(2)9-19-14;/h9H,8,10-11H2,1-7H3,(H2,18,20,21);1H. The van der Waals surface area contributed by atoms with Gasteiger partial charge < -0.3 is 15.4 Å². The van der Waals surface area contributed by atoms with Crippen LogP contribution in [-0.2, 0) is 6.54 Å². The summed E-state index contributed by atoms with van der Waals surface area (Å²) in [5.74, 6) is 1.71. The zero-order valence-corrected chi connectivity index (χ0v) is 19.0. The van der Waals surface area contributed by atoms with E-state index in [0.717, 1.165) is 41.6 Å². The molecule has 0 amide bonds. The minimum atomic E-state index is 0. The molecule has 7 heteroatoms. The highest BCUT2D eigenvalue weighted by molar-refractivity contribution is 14.0. The second kappa shape index (κ2) is 11.0. The predicted molar refractivity (Wildman–Crippen MR) is 116 cm³/mol. The molecular weight excluding hydrogens is 435 g/mol. The summed E-state index contributed by atoms with van der Waals surface area (Å²) in [6.07, 6.45) is 3.96. The van der Waals surface area contributed by atoms with Crippen molar-refractivity contribution in [3.63, 3.8) is 0 Å². The summed E-state index contributed by atoms with van der Waals surface area (Å²) in [5, 5.41) is 6.68. The molecule has 2 N–H and O–H groups in total. The van der Waals surface area contributed by atoms with Crippen LogP contribution in [0.25, 0.3) is 0 Å². The first-order chi connectivity index (χ1) is 10.8. The van der Waals surface area contributed by atoms with Crippen molar-refractivity contribution in [2.45, 2.75) is 45.9 Å². The molecule has 138 valence electrons. The molecule has 1 rings (SSSR count). The van der Waals surface area contributed by atoms with Gasteiger partial charge in [0, 0.05) is 35.2 Å². The zero-order chi connectivity index (χ0) is 17.5. The quantitative estimate of drug-likeness (QED) is 0.366. The number of hydrogen-bond donors (Lipinski definition) is 2. The molecule has 0 spiro atoms. The number of rotatable bonds is 7. The Bertz CT molecular complexity index is 550. The van der Waals surface area contributed by atoms with E-state index in [-0.39, 0.29) is 28.7 Å². The van der Waals surface area contributed by atoms with Crippen LogP contribution in [0.3, 0.4) is 0 Å². The lowest BCUT2D eigenvalue weighted by Gasteiger charge is -2.23. The van der Waals surface area contributed by atoms with Gasteiger partial charge in [-0.15, -0.1) is 24.0 Å². The first-order valence-corrected chi connectivity index (χ1v) is 9.13. The lowest BCUT2D eigenvalue weighted by atomic mass is 10.1. The van der Waals surface area contributed by atoms with E-state index in [9.17, 15) is 0 Å². The van der Waals surface area contributed by atoms with Crippen LogP contribution in [0.1, 0.15) is 37.6 Å². The summed E-state index contributed by atoms with van der Waals surface area (Å²) in [7, 11) is 1.69. The van der Waals surface area contributed by atoms with E-state index in [4.69, 9.17) is 4.74 Å². The third kappa shape index (κ3) is 7.04. The smallest absolute Gasteiger partial charge is 0.191 e. The molecule has 0 unspecified atom stereocenters. The molecule has 0 radical (unpaired) electrons. The van der Waals surface area contributed by atoms with Gasteiger partial charge in [0.05, 0.1) is 19.3 Å². The number of methoxy groups -OCH3 is 1. The maximum absolute atomic E-state index is 5.45. The summed E-state index contributed by atoms with van der Waals surface area (Å²) >= 11 is 1.84. The van der Waals surface area contributed by atoms with E-state index in [1.54, 1.807) is 7.11 Å². The van der Waals surface area contributed by atoms with Crippen LogP contribution in [0, 0.1) is 13.8 Å². The Kier molecular flexibility index (Phi) is 10.7. The second-order valence-electron chi connectivity index (χ2n) is 6.06. The van der Waals surface area contributed by atoms with Crippen molar-refractivity contribution >= 4 is 41.7 Å². The monoisotopic (exact) mass is 466 g/mol. The molecule has 0 aliphatic rings. The predicted octanol–water partition coefficient (Wildman–Crippen LogP) is 3.52. The number of aliphatic imine (C=N–C) groups is 1. The summed E-state index contributed by atoms with van der Waals surface area (Å²) in [6.45, 7) is 12.7. The number of guanidine groups is 1. The maximum Gasteiger partial charge on any atom is 0.191 e. The molecule has 0 bridgehead atoms. The van der Waals surface area contributed by atoms with E-state index in [1.165, 1.54) is 0 Å². The van der Waals surface area contributed by atoms with Gasteiger partial charge >= 0.3 is 0 Å². The lowest BCUT2D eigenvalue weighted by Crippen LogP contribution is -2.43. The number of aromatic nitrogens is 1. The molecule has 0 fully saturated rings. The molecule has 1 aromatic heterocycles. The van der Waals surface area contributed by atoms with Gasteiger partial charge in [0.2, 0.25) is 0 Å². The van der Waals surface area contributed by atoms with Gasteiger partial charge in [-0.3, -0.25) is 4.98 Å². The topological polar surface area (TPSA) is 58.5 Å². The minimum Gasteiger partial charge on any atom is -0.496 e. The van der Waals surface area contributed by atoms with Crippen molar-refractivity contribution in [2.24, 2.45) is 4.99 Å². The van der Waals surface area contributed by atoms with Crippen LogP contribution in [0.2, 0.25) is 0 Å². The molecule has 24 heavy (non-hydrogen) atoms. The number of pyridine rings is 1. The average molecular weight is 466 g/mol. The van der Waals surface area contributed by atoms with Crippen LogP contribution in [0.4, 0.5) is 0 Å². The summed E-state index contributed by atoms with van der Waals surface area (Å²) in [6, 6.07) is 0. The third-order valence-electron chi connectivity index (χ3n) is 3.72. The number of nitrogens with one attached hydrogen (secondary N) is 2. The number of aryl methyl sites for hydroxylation is 1. The Balaban J connectivity index is 0.00000529. The number of hydrogen-bond acceptors (Lipinski definition) is 4.